The van der Waals surface area contributed by atoms with Gasteiger partial charge in [0.25, 0.3) is 5.91 Å². The number of nitrogens with one attached hydrogen (secondary N) is 1. The van der Waals surface area contributed by atoms with Gasteiger partial charge < -0.3 is 10.2 Å². The summed E-state index contributed by atoms with van der Waals surface area (Å²) in [5.41, 5.74) is 1.44. The van der Waals surface area contributed by atoms with E-state index in [1.54, 1.807) is 11.3 Å². The summed E-state index contributed by atoms with van der Waals surface area (Å²) < 4.78 is 0. The number of carbonyl (C=O) groups excluding carboxylic acids is 1. The zero-order valence-corrected chi connectivity index (χ0v) is 13.1. The summed E-state index contributed by atoms with van der Waals surface area (Å²) in [6.45, 7) is 1.97. The van der Waals surface area contributed by atoms with E-state index < -0.39 is 0 Å². The SMILES string of the molecule is CN(C(=O)c1cc2c(s1)CCCCCC2)C1CCNC1. The standard InChI is InChI=1S/C16H24N2OS/c1-18(13-8-9-17-11-13)16(19)15-10-12-6-4-2-3-5-7-14(12)20-15/h10,13,17H,2-9,11H2,1H3. The molecule has 1 amide bonds. The highest BCUT2D eigenvalue weighted by Crippen LogP contribution is 2.29. The van der Waals surface area contributed by atoms with Crippen LogP contribution in [-0.4, -0.2) is 37.0 Å². The number of rotatable bonds is 2. The van der Waals surface area contributed by atoms with Gasteiger partial charge in [-0.25, -0.2) is 0 Å². The van der Waals surface area contributed by atoms with Crippen LogP contribution in [0.25, 0.3) is 0 Å². The van der Waals surface area contributed by atoms with Crippen LogP contribution in [0.4, 0.5) is 0 Å². The average Bonchev–Trinajstić information content (AvgIpc) is 3.07. The third-order valence-corrected chi connectivity index (χ3v) is 5.83. The molecule has 2 aliphatic rings. The van der Waals surface area contributed by atoms with Crippen LogP contribution in [0.3, 0.4) is 0 Å². The fraction of sp³-hybridized carbons (Fsp3) is 0.688. The van der Waals surface area contributed by atoms with Gasteiger partial charge in [0.15, 0.2) is 0 Å². The molecule has 1 N–H and O–H groups in total. The van der Waals surface area contributed by atoms with E-state index in [0.717, 1.165) is 30.8 Å². The van der Waals surface area contributed by atoms with Gasteiger partial charge in [-0.3, -0.25) is 4.79 Å². The molecule has 0 saturated carbocycles. The lowest BCUT2D eigenvalue weighted by molar-refractivity contribution is 0.0748. The second kappa shape index (κ2) is 6.27. The molecule has 1 atom stereocenters. The van der Waals surface area contributed by atoms with Gasteiger partial charge in [-0.2, -0.15) is 0 Å². The molecule has 0 radical (unpaired) electrons. The van der Waals surface area contributed by atoms with E-state index in [4.69, 9.17) is 0 Å². The number of likely N-dealkylation sites (N-methyl/N-ethyl adjacent to an activating group) is 1. The molecule has 1 aromatic rings. The monoisotopic (exact) mass is 292 g/mol. The van der Waals surface area contributed by atoms with Crippen molar-refractivity contribution >= 4 is 17.2 Å². The summed E-state index contributed by atoms with van der Waals surface area (Å²) in [6, 6.07) is 2.54. The van der Waals surface area contributed by atoms with Crippen LogP contribution in [0, 0.1) is 0 Å². The van der Waals surface area contributed by atoms with Crippen molar-refractivity contribution in [3.05, 3.63) is 21.4 Å². The number of thiophene rings is 1. The molecule has 110 valence electrons. The maximum absolute atomic E-state index is 12.6. The lowest BCUT2D eigenvalue weighted by Gasteiger charge is -2.23. The van der Waals surface area contributed by atoms with Crippen molar-refractivity contribution in [1.29, 1.82) is 0 Å². The first-order valence-corrected chi connectivity index (χ1v) is 8.67. The van der Waals surface area contributed by atoms with Gasteiger partial charge in [0, 0.05) is 24.5 Å². The smallest absolute Gasteiger partial charge is 0.263 e. The van der Waals surface area contributed by atoms with Crippen molar-refractivity contribution in [2.24, 2.45) is 0 Å². The summed E-state index contributed by atoms with van der Waals surface area (Å²) in [6.07, 6.45) is 8.65. The van der Waals surface area contributed by atoms with Crippen molar-refractivity contribution in [1.82, 2.24) is 10.2 Å². The van der Waals surface area contributed by atoms with Crippen molar-refractivity contribution in [3.8, 4) is 0 Å². The normalized spacial score (nSPS) is 22.9. The first-order chi connectivity index (χ1) is 9.75. The Morgan fingerprint density at radius 2 is 2.10 bits per heavy atom. The Balaban J connectivity index is 1.75. The second-order valence-electron chi connectivity index (χ2n) is 6.04. The fourth-order valence-electron chi connectivity index (χ4n) is 3.26. The van der Waals surface area contributed by atoms with Gasteiger partial charge in [0.1, 0.15) is 0 Å². The van der Waals surface area contributed by atoms with Gasteiger partial charge >= 0.3 is 0 Å². The summed E-state index contributed by atoms with van der Waals surface area (Å²) >= 11 is 1.74. The summed E-state index contributed by atoms with van der Waals surface area (Å²) in [7, 11) is 1.96. The fourth-order valence-corrected chi connectivity index (χ4v) is 4.50. The lowest BCUT2D eigenvalue weighted by Crippen LogP contribution is -2.37. The number of aryl methyl sites for hydroxylation is 2. The maximum Gasteiger partial charge on any atom is 0.263 e. The molecule has 1 unspecified atom stereocenters. The van der Waals surface area contributed by atoms with Gasteiger partial charge in [0.05, 0.1) is 4.88 Å². The van der Waals surface area contributed by atoms with Crippen molar-refractivity contribution in [2.75, 3.05) is 20.1 Å². The molecule has 20 heavy (non-hydrogen) atoms. The molecular weight excluding hydrogens is 268 g/mol. The van der Waals surface area contributed by atoms with Gasteiger partial charge in [-0.1, -0.05) is 12.8 Å². The third kappa shape index (κ3) is 2.91. The van der Waals surface area contributed by atoms with Crippen LogP contribution in [0.2, 0.25) is 0 Å². The molecular formula is C16H24N2OS. The molecule has 0 aromatic carbocycles. The zero-order chi connectivity index (χ0) is 13.9. The average molecular weight is 292 g/mol. The predicted octanol–water partition coefficient (Wildman–Crippen LogP) is 2.84. The molecule has 0 spiro atoms. The Morgan fingerprint density at radius 1 is 1.30 bits per heavy atom. The summed E-state index contributed by atoms with van der Waals surface area (Å²) in [5.74, 6) is 0.218. The van der Waals surface area contributed by atoms with Crippen molar-refractivity contribution < 1.29 is 4.79 Å². The van der Waals surface area contributed by atoms with Crippen LogP contribution >= 0.6 is 11.3 Å². The molecule has 3 rings (SSSR count). The molecule has 2 heterocycles. The first kappa shape index (κ1) is 14.1. The minimum absolute atomic E-state index is 0.218. The maximum atomic E-state index is 12.6. The molecule has 3 nitrogen and oxygen atoms in total. The quantitative estimate of drug-likeness (QED) is 0.909. The molecule has 4 heteroatoms. The van der Waals surface area contributed by atoms with E-state index in [1.807, 2.05) is 11.9 Å². The van der Waals surface area contributed by atoms with Crippen LogP contribution in [0.1, 0.15) is 52.2 Å². The van der Waals surface area contributed by atoms with E-state index in [2.05, 4.69) is 11.4 Å². The van der Waals surface area contributed by atoms with Crippen molar-refractivity contribution in [2.45, 2.75) is 51.0 Å². The number of hydrogen-bond donors (Lipinski definition) is 1. The van der Waals surface area contributed by atoms with Gasteiger partial charge in [-0.05, 0) is 50.3 Å². The Kier molecular flexibility index (Phi) is 4.41. The van der Waals surface area contributed by atoms with Gasteiger partial charge in [-0.15, -0.1) is 11.3 Å². The molecule has 0 bridgehead atoms. The minimum Gasteiger partial charge on any atom is -0.337 e. The Bertz CT molecular complexity index is 451. The highest BCUT2D eigenvalue weighted by Gasteiger charge is 2.26. The number of nitrogens with zero attached hydrogens (tertiary/aromatic N) is 1. The van der Waals surface area contributed by atoms with Crippen LogP contribution in [0.15, 0.2) is 6.07 Å². The molecule has 1 fully saturated rings. The van der Waals surface area contributed by atoms with Crippen LogP contribution in [0.5, 0.6) is 0 Å². The van der Waals surface area contributed by atoms with E-state index in [-0.39, 0.29) is 5.91 Å². The zero-order valence-electron chi connectivity index (χ0n) is 12.3. The minimum atomic E-state index is 0.218. The van der Waals surface area contributed by atoms with E-state index >= 15 is 0 Å². The molecule has 1 saturated heterocycles. The summed E-state index contributed by atoms with van der Waals surface area (Å²) in [4.78, 5) is 17.0. The number of amides is 1. The molecule has 1 aliphatic carbocycles. The lowest BCUT2D eigenvalue weighted by atomic mass is 10.00. The first-order valence-electron chi connectivity index (χ1n) is 7.85. The molecule has 1 aromatic heterocycles. The summed E-state index contributed by atoms with van der Waals surface area (Å²) in [5, 5.41) is 3.33. The van der Waals surface area contributed by atoms with Crippen LogP contribution in [-0.2, 0) is 12.8 Å². The molecule has 1 aliphatic heterocycles. The predicted molar refractivity (Wildman–Crippen MR) is 83.6 cm³/mol. The number of fused-ring (bicyclic) bond motifs is 1. The topological polar surface area (TPSA) is 32.3 Å². The van der Waals surface area contributed by atoms with Gasteiger partial charge in [0.2, 0.25) is 0 Å². The third-order valence-electron chi connectivity index (χ3n) is 4.61. The van der Waals surface area contributed by atoms with Crippen LogP contribution < -0.4 is 5.32 Å². The Hall–Kier alpha value is -0.870. The Morgan fingerprint density at radius 3 is 2.85 bits per heavy atom. The highest BCUT2D eigenvalue weighted by molar-refractivity contribution is 7.14. The number of hydrogen-bond acceptors (Lipinski definition) is 3. The largest absolute Gasteiger partial charge is 0.337 e. The second-order valence-corrected chi connectivity index (χ2v) is 7.17. The van der Waals surface area contributed by atoms with Crippen molar-refractivity contribution in [3.63, 3.8) is 0 Å². The van der Waals surface area contributed by atoms with E-state index in [9.17, 15) is 4.79 Å². The number of carbonyl (C=O) groups is 1. The van der Waals surface area contributed by atoms with E-state index in [1.165, 1.54) is 42.5 Å². The van der Waals surface area contributed by atoms with E-state index in [0.29, 0.717) is 6.04 Å². The highest BCUT2D eigenvalue weighted by atomic mass is 32.1. The Labute approximate surface area is 125 Å².